The van der Waals surface area contributed by atoms with E-state index >= 15 is 0 Å². The first-order chi connectivity index (χ1) is 8.63. The molecule has 0 saturated heterocycles. The molecule has 0 atom stereocenters. The van der Waals surface area contributed by atoms with Crippen LogP contribution in [-0.4, -0.2) is 15.6 Å². The summed E-state index contributed by atoms with van der Waals surface area (Å²) in [6.45, 7) is 6.33. The van der Waals surface area contributed by atoms with Gasteiger partial charge in [-0.05, 0) is 56.9 Å². The first-order valence-electron chi connectivity index (χ1n) is 6.53. The van der Waals surface area contributed by atoms with Crippen molar-refractivity contribution in [2.45, 2.75) is 39.7 Å². The quantitative estimate of drug-likeness (QED) is 0.892. The second-order valence-corrected chi connectivity index (χ2v) is 5.26. The van der Waals surface area contributed by atoms with Gasteiger partial charge in [-0.2, -0.15) is 0 Å². The minimum Gasteiger partial charge on any atom is -0.353 e. The van der Waals surface area contributed by atoms with Crippen molar-refractivity contribution in [2.75, 3.05) is 5.32 Å². The number of aromatic nitrogens is 2. The number of nitrogens with zero attached hydrogens (tertiary/aromatic N) is 2. The molecule has 0 amide bonds. The zero-order valence-corrected chi connectivity index (χ0v) is 11.2. The maximum atomic E-state index is 4.57. The summed E-state index contributed by atoms with van der Waals surface area (Å²) in [5.41, 5.74) is 4.88. The highest BCUT2D eigenvalue weighted by Gasteiger charge is 2.23. The largest absolute Gasteiger partial charge is 0.353 e. The Hall–Kier alpha value is -1.77. The van der Waals surface area contributed by atoms with E-state index in [1.54, 1.807) is 0 Å². The molecular weight excluding hydrogens is 222 g/mol. The van der Waals surface area contributed by atoms with E-state index in [1.165, 1.54) is 29.7 Å². The van der Waals surface area contributed by atoms with Crippen LogP contribution in [0.5, 0.6) is 0 Å². The molecule has 3 rings (SSSR count). The van der Waals surface area contributed by atoms with Gasteiger partial charge in [0.2, 0.25) is 5.95 Å². The first kappa shape index (κ1) is 11.3. The standard InChI is InChI=1S/C15H19N3/c1-10-4-7-14(8-11(10)2)18-9-12(3)16-15(18)17-13-5-6-13/h4,7-9,13H,5-6H2,1-3H3,(H,16,17). The van der Waals surface area contributed by atoms with Crippen LogP contribution in [0.15, 0.2) is 24.4 Å². The van der Waals surface area contributed by atoms with Gasteiger partial charge >= 0.3 is 0 Å². The molecule has 1 fully saturated rings. The highest BCUT2D eigenvalue weighted by molar-refractivity contribution is 5.47. The Morgan fingerprint density at radius 2 is 1.94 bits per heavy atom. The number of rotatable bonds is 3. The number of hydrogen-bond acceptors (Lipinski definition) is 2. The third-order valence-electron chi connectivity index (χ3n) is 3.51. The van der Waals surface area contributed by atoms with Gasteiger partial charge in [0.05, 0.1) is 5.69 Å². The summed E-state index contributed by atoms with van der Waals surface area (Å²) >= 11 is 0. The van der Waals surface area contributed by atoms with E-state index in [2.05, 4.69) is 53.1 Å². The second-order valence-electron chi connectivity index (χ2n) is 5.26. The molecule has 1 heterocycles. The van der Waals surface area contributed by atoms with Gasteiger partial charge in [-0.15, -0.1) is 0 Å². The van der Waals surface area contributed by atoms with Crippen molar-refractivity contribution in [2.24, 2.45) is 0 Å². The van der Waals surface area contributed by atoms with Crippen LogP contribution in [0.25, 0.3) is 5.69 Å². The lowest BCUT2D eigenvalue weighted by atomic mass is 10.1. The molecule has 0 aliphatic heterocycles. The van der Waals surface area contributed by atoms with Crippen LogP contribution in [0, 0.1) is 20.8 Å². The molecule has 3 heteroatoms. The molecular formula is C15H19N3. The average molecular weight is 241 g/mol. The molecule has 1 aromatic carbocycles. The predicted octanol–water partition coefficient (Wildman–Crippen LogP) is 3.37. The summed E-state index contributed by atoms with van der Waals surface area (Å²) in [4.78, 5) is 4.57. The molecule has 1 aromatic heterocycles. The maximum absolute atomic E-state index is 4.57. The number of benzene rings is 1. The fourth-order valence-electron chi connectivity index (χ4n) is 2.08. The van der Waals surface area contributed by atoms with Crippen LogP contribution in [0.3, 0.4) is 0 Å². The van der Waals surface area contributed by atoms with E-state index in [4.69, 9.17) is 0 Å². The minimum absolute atomic E-state index is 0.622. The third kappa shape index (κ3) is 2.13. The predicted molar refractivity (Wildman–Crippen MR) is 74.4 cm³/mol. The Balaban J connectivity index is 2.00. The molecule has 1 aliphatic carbocycles. The Bertz CT molecular complexity index is 579. The summed E-state index contributed by atoms with van der Waals surface area (Å²) in [5, 5.41) is 3.49. The first-order valence-corrected chi connectivity index (χ1v) is 6.53. The van der Waals surface area contributed by atoms with Crippen molar-refractivity contribution in [3.05, 3.63) is 41.2 Å². The minimum atomic E-state index is 0.622. The molecule has 0 bridgehead atoms. The smallest absolute Gasteiger partial charge is 0.207 e. The van der Waals surface area contributed by atoms with E-state index in [0.29, 0.717) is 6.04 Å². The Labute approximate surface area is 108 Å². The Morgan fingerprint density at radius 1 is 1.17 bits per heavy atom. The van der Waals surface area contributed by atoms with E-state index in [9.17, 15) is 0 Å². The average Bonchev–Trinajstić information content (AvgIpc) is 3.06. The summed E-state index contributed by atoms with van der Waals surface area (Å²) < 4.78 is 2.15. The van der Waals surface area contributed by atoms with Crippen molar-refractivity contribution in [1.82, 2.24) is 9.55 Å². The lowest BCUT2D eigenvalue weighted by molar-refractivity contribution is 0.999. The zero-order chi connectivity index (χ0) is 12.7. The van der Waals surface area contributed by atoms with Gasteiger partial charge in [0.25, 0.3) is 0 Å². The normalized spacial score (nSPS) is 14.8. The molecule has 0 radical (unpaired) electrons. The molecule has 94 valence electrons. The molecule has 3 nitrogen and oxygen atoms in total. The highest BCUT2D eigenvalue weighted by atomic mass is 15.2. The van der Waals surface area contributed by atoms with Gasteiger partial charge in [-0.25, -0.2) is 4.98 Å². The van der Waals surface area contributed by atoms with E-state index in [0.717, 1.165) is 11.6 Å². The summed E-state index contributed by atoms with van der Waals surface area (Å²) in [6.07, 6.45) is 4.62. The van der Waals surface area contributed by atoms with Crippen molar-refractivity contribution in [3.63, 3.8) is 0 Å². The van der Waals surface area contributed by atoms with Crippen LogP contribution >= 0.6 is 0 Å². The van der Waals surface area contributed by atoms with Gasteiger partial charge in [0, 0.05) is 17.9 Å². The molecule has 1 aliphatic rings. The van der Waals surface area contributed by atoms with Crippen molar-refractivity contribution >= 4 is 5.95 Å². The molecule has 0 spiro atoms. The molecule has 18 heavy (non-hydrogen) atoms. The Morgan fingerprint density at radius 3 is 2.61 bits per heavy atom. The van der Waals surface area contributed by atoms with Crippen LogP contribution in [0.4, 0.5) is 5.95 Å². The molecule has 1 saturated carbocycles. The van der Waals surface area contributed by atoms with E-state index in [1.807, 2.05) is 6.92 Å². The topological polar surface area (TPSA) is 29.9 Å². The number of imidazole rings is 1. The lowest BCUT2D eigenvalue weighted by Crippen LogP contribution is -2.07. The maximum Gasteiger partial charge on any atom is 0.207 e. The Kier molecular flexibility index (Phi) is 2.62. The number of anilines is 1. The van der Waals surface area contributed by atoms with Crippen LogP contribution < -0.4 is 5.32 Å². The fraction of sp³-hybridized carbons (Fsp3) is 0.400. The van der Waals surface area contributed by atoms with Gasteiger partial charge < -0.3 is 5.32 Å². The SMILES string of the molecule is Cc1cn(-c2ccc(C)c(C)c2)c(NC2CC2)n1. The van der Waals surface area contributed by atoms with Crippen molar-refractivity contribution in [1.29, 1.82) is 0 Å². The van der Waals surface area contributed by atoms with Crippen molar-refractivity contribution < 1.29 is 0 Å². The van der Waals surface area contributed by atoms with Gasteiger partial charge in [-0.1, -0.05) is 6.07 Å². The summed E-state index contributed by atoms with van der Waals surface area (Å²) in [5.74, 6) is 0.971. The monoisotopic (exact) mass is 241 g/mol. The molecule has 0 unspecified atom stereocenters. The van der Waals surface area contributed by atoms with Gasteiger partial charge in [0.15, 0.2) is 0 Å². The van der Waals surface area contributed by atoms with Crippen LogP contribution in [-0.2, 0) is 0 Å². The van der Waals surface area contributed by atoms with Crippen molar-refractivity contribution in [3.8, 4) is 5.69 Å². The van der Waals surface area contributed by atoms with Crippen LogP contribution in [0.1, 0.15) is 29.7 Å². The summed E-state index contributed by atoms with van der Waals surface area (Å²) in [7, 11) is 0. The fourth-order valence-corrected chi connectivity index (χ4v) is 2.08. The van der Waals surface area contributed by atoms with Gasteiger partial charge in [0.1, 0.15) is 0 Å². The lowest BCUT2D eigenvalue weighted by Gasteiger charge is -2.10. The van der Waals surface area contributed by atoms with Crippen LogP contribution in [0.2, 0.25) is 0 Å². The third-order valence-corrected chi connectivity index (χ3v) is 3.51. The number of aryl methyl sites for hydroxylation is 3. The van der Waals surface area contributed by atoms with Gasteiger partial charge in [-0.3, -0.25) is 4.57 Å². The number of nitrogens with one attached hydrogen (secondary N) is 1. The highest BCUT2D eigenvalue weighted by Crippen LogP contribution is 2.26. The second kappa shape index (κ2) is 4.16. The zero-order valence-electron chi connectivity index (χ0n) is 11.2. The summed E-state index contributed by atoms with van der Waals surface area (Å²) in [6, 6.07) is 7.16. The van der Waals surface area contributed by atoms with E-state index < -0.39 is 0 Å². The van der Waals surface area contributed by atoms with E-state index in [-0.39, 0.29) is 0 Å². The molecule has 2 aromatic rings. The molecule has 1 N–H and O–H groups in total. The number of hydrogen-bond donors (Lipinski definition) is 1.